The van der Waals surface area contributed by atoms with Crippen LogP contribution in [0.2, 0.25) is 0 Å². The largest absolute Gasteiger partial charge is 0.461 e. The van der Waals surface area contributed by atoms with E-state index in [1.807, 2.05) is 24.3 Å². The van der Waals surface area contributed by atoms with E-state index in [0.29, 0.717) is 6.61 Å². The number of rotatable bonds is 17. The second kappa shape index (κ2) is 14.9. The highest BCUT2D eigenvalue weighted by atomic mass is 16.6. The van der Waals surface area contributed by atoms with Crippen molar-refractivity contribution in [2.24, 2.45) is 5.92 Å². The van der Waals surface area contributed by atoms with Gasteiger partial charge in [-0.15, -0.1) is 0 Å². The number of unbranched alkanes of at least 4 members (excludes halogenated alkanes) is 8. The van der Waals surface area contributed by atoms with Crippen LogP contribution in [0, 0.1) is 5.92 Å². The van der Waals surface area contributed by atoms with Crippen LogP contribution in [0.4, 0.5) is 0 Å². The molecule has 1 saturated heterocycles. The normalized spacial score (nSPS) is 18.5. The van der Waals surface area contributed by atoms with E-state index in [1.54, 1.807) is 0 Å². The summed E-state index contributed by atoms with van der Waals surface area (Å²) in [6.07, 6.45) is 14.6. The Kier molecular flexibility index (Phi) is 11.5. The molecule has 1 aliphatic rings. The average molecular weight is 451 g/mol. The molecular formula is C30H42O3. The molecule has 180 valence electrons. The maximum atomic E-state index is 12.2. The van der Waals surface area contributed by atoms with E-state index >= 15 is 0 Å². The molecule has 0 N–H and O–H groups in total. The molecule has 0 unspecified atom stereocenters. The highest BCUT2D eigenvalue weighted by Gasteiger charge is 2.43. The van der Waals surface area contributed by atoms with Crippen molar-refractivity contribution in [2.45, 2.75) is 103 Å². The highest BCUT2D eigenvalue weighted by molar-refractivity contribution is 5.78. The van der Waals surface area contributed by atoms with Gasteiger partial charge in [0.15, 0.2) is 0 Å². The van der Waals surface area contributed by atoms with Crippen molar-refractivity contribution in [2.75, 3.05) is 0 Å². The van der Waals surface area contributed by atoms with Gasteiger partial charge < -0.3 is 9.47 Å². The first-order valence-corrected chi connectivity index (χ1v) is 13.2. The van der Waals surface area contributed by atoms with Crippen LogP contribution in [0.3, 0.4) is 0 Å². The van der Waals surface area contributed by atoms with E-state index < -0.39 is 0 Å². The fraction of sp³-hybridized carbons (Fsp3) is 0.567. The van der Waals surface area contributed by atoms with Gasteiger partial charge >= 0.3 is 5.97 Å². The molecule has 0 spiro atoms. The van der Waals surface area contributed by atoms with Crippen LogP contribution in [0.15, 0.2) is 60.7 Å². The Labute approximate surface area is 200 Å². The molecule has 0 bridgehead atoms. The summed E-state index contributed by atoms with van der Waals surface area (Å²) in [5.41, 5.74) is 2.39. The van der Waals surface area contributed by atoms with Crippen molar-refractivity contribution >= 4 is 5.97 Å². The molecule has 1 aliphatic heterocycles. The van der Waals surface area contributed by atoms with Crippen LogP contribution < -0.4 is 0 Å². The second-order valence-electron chi connectivity index (χ2n) is 9.54. The second-order valence-corrected chi connectivity index (χ2v) is 9.54. The molecule has 3 nitrogen and oxygen atoms in total. The zero-order chi connectivity index (χ0) is 23.1. The van der Waals surface area contributed by atoms with Crippen LogP contribution in [0.1, 0.15) is 88.7 Å². The summed E-state index contributed by atoms with van der Waals surface area (Å²) in [4.78, 5) is 12.2. The summed E-state index contributed by atoms with van der Waals surface area (Å²) in [5, 5.41) is 0. The van der Waals surface area contributed by atoms with Gasteiger partial charge in [-0.1, -0.05) is 125 Å². The summed E-state index contributed by atoms with van der Waals surface area (Å²) in [7, 11) is 0. The predicted octanol–water partition coefficient (Wildman–Crippen LogP) is 7.67. The molecule has 0 aliphatic carbocycles. The minimum atomic E-state index is -0.0614. The lowest BCUT2D eigenvalue weighted by atomic mass is 9.86. The van der Waals surface area contributed by atoms with Gasteiger partial charge in [-0.3, -0.25) is 4.79 Å². The van der Waals surface area contributed by atoms with Gasteiger partial charge in [0, 0.05) is 6.42 Å². The fourth-order valence-corrected chi connectivity index (χ4v) is 4.69. The molecule has 3 atom stereocenters. The van der Waals surface area contributed by atoms with Gasteiger partial charge in [0.25, 0.3) is 0 Å². The van der Waals surface area contributed by atoms with Crippen LogP contribution in [0.5, 0.6) is 0 Å². The number of carbonyl (C=O) groups is 1. The van der Waals surface area contributed by atoms with E-state index in [-0.39, 0.29) is 24.1 Å². The van der Waals surface area contributed by atoms with Gasteiger partial charge in [0.1, 0.15) is 6.10 Å². The fourth-order valence-electron chi connectivity index (χ4n) is 4.69. The number of cyclic esters (lactones) is 1. The molecule has 0 amide bonds. The summed E-state index contributed by atoms with van der Waals surface area (Å²) in [5.74, 6) is -0.105. The van der Waals surface area contributed by atoms with Crippen LogP contribution >= 0.6 is 0 Å². The summed E-state index contributed by atoms with van der Waals surface area (Å²) in [6.45, 7) is 2.89. The Morgan fingerprint density at radius 1 is 0.788 bits per heavy atom. The van der Waals surface area contributed by atoms with Crippen LogP contribution in [-0.4, -0.2) is 18.2 Å². The smallest absolute Gasteiger partial charge is 0.313 e. The van der Waals surface area contributed by atoms with E-state index in [4.69, 9.17) is 9.47 Å². The molecule has 0 saturated carbocycles. The van der Waals surface area contributed by atoms with Gasteiger partial charge in [-0.25, -0.2) is 0 Å². The first-order chi connectivity index (χ1) is 16.3. The third kappa shape index (κ3) is 9.33. The lowest BCUT2D eigenvalue weighted by Crippen LogP contribution is -2.48. The van der Waals surface area contributed by atoms with E-state index in [2.05, 4.69) is 43.3 Å². The molecule has 2 aromatic carbocycles. The Morgan fingerprint density at radius 3 is 1.97 bits per heavy atom. The SMILES string of the molecule is CCCCCCCCCCC[C@H](C[C@@H]1OC(=O)[C@H]1Cc1ccccc1)OCc1ccccc1. The molecule has 0 radical (unpaired) electrons. The zero-order valence-electron chi connectivity index (χ0n) is 20.4. The lowest BCUT2D eigenvalue weighted by Gasteiger charge is -2.37. The summed E-state index contributed by atoms with van der Waals surface area (Å²) >= 11 is 0. The summed E-state index contributed by atoms with van der Waals surface area (Å²) in [6, 6.07) is 20.6. The van der Waals surface area contributed by atoms with Crippen molar-refractivity contribution in [3.8, 4) is 0 Å². The Morgan fingerprint density at radius 2 is 1.36 bits per heavy atom. The number of ether oxygens (including phenoxy) is 2. The Balaban J connectivity index is 1.44. The topological polar surface area (TPSA) is 35.5 Å². The van der Waals surface area contributed by atoms with Crippen molar-refractivity contribution in [1.29, 1.82) is 0 Å². The maximum Gasteiger partial charge on any atom is 0.313 e. The third-order valence-electron chi connectivity index (χ3n) is 6.77. The molecule has 3 rings (SSSR count). The minimum Gasteiger partial charge on any atom is -0.461 e. The monoisotopic (exact) mass is 450 g/mol. The Hall–Kier alpha value is -2.13. The van der Waals surface area contributed by atoms with Crippen LogP contribution in [-0.2, 0) is 27.3 Å². The first-order valence-electron chi connectivity index (χ1n) is 13.2. The highest BCUT2D eigenvalue weighted by Crippen LogP contribution is 2.31. The van der Waals surface area contributed by atoms with Crippen molar-refractivity contribution in [1.82, 2.24) is 0 Å². The molecule has 33 heavy (non-hydrogen) atoms. The molecule has 1 heterocycles. The van der Waals surface area contributed by atoms with Gasteiger partial charge in [-0.2, -0.15) is 0 Å². The number of hydrogen-bond donors (Lipinski definition) is 0. The Bertz CT molecular complexity index is 774. The number of benzene rings is 2. The van der Waals surface area contributed by atoms with Crippen LogP contribution in [0.25, 0.3) is 0 Å². The lowest BCUT2D eigenvalue weighted by molar-refractivity contribution is -0.189. The molecule has 0 aromatic heterocycles. The molecule has 2 aromatic rings. The number of carbonyl (C=O) groups excluding carboxylic acids is 1. The average Bonchev–Trinajstić information content (AvgIpc) is 2.85. The van der Waals surface area contributed by atoms with E-state index in [0.717, 1.165) is 19.3 Å². The third-order valence-corrected chi connectivity index (χ3v) is 6.77. The van der Waals surface area contributed by atoms with Crippen molar-refractivity contribution in [3.05, 3.63) is 71.8 Å². The minimum absolute atomic E-state index is 0.0305. The summed E-state index contributed by atoms with van der Waals surface area (Å²) < 4.78 is 11.9. The first kappa shape index (κ1) is 25.5. The number of hydrogen-bond acceptors (Lipinski definition) is 3. The quantitative estimate of drug-likeness (QED) is 0.183. The maximum absolute atomic E-state index is 12.2. The van der Waals surface area contributed by atoms with Crippen molar-refractivity contribution in [3.63, 3.8) is 0 Å². The van der Waals surface area contributed by atoms with Gasteiger partial charge in [0.2, 0.25) is 0 Å². The predicted molar refractivity (Wildman–Crippen MR) is 135 cm³/mol. The van der Waals surface area contributed by atoms with E-state index in [9.17, 15) is 4.79 Å². The van der Waals surface area contributed by atoms with E-state index in [1.165, 1.54) is 68.9 Å². The zero-order valence-corrected chi connectivity index (χ0v) is 20.4. The molecule has 3 heteroatoms. The standard InChI is InChI=1S/C30H42O3/c1-2-3-4-5-6-7-8-9-16-21-27(32-24-26-19-14-11-15-20-26)23-29-28(30(31)33-29)22-25-17-12-10-13-18-25/h10-15,17-20,27-29H,2-9,16,21-24H2,1H3/t27-,28+,29+/m1/s1. The molecular weight excluding hydrogens is 408 g/mol. The van der Waals surface area contributed by atoms with Gasteiger partial charge in [-0.05, 0) is 24.0 Å². The molecule has 1 fully saturated rings. The van der Waals surface area contributed by atoms with Crippen molar-refractivity contribution < 1.29 is 14.3 Å². The number of esters is 1. The van der Waals surface area contributed by atoms with Gasteiger partial charge in [0.05, 0.1) is 18.6 Å².